The van der Waals surface area contributed by atoms with E-state index in [0.717, 1.165) is 0 Å². The molecule has 1 aliphatic rings. The van der Waals surface area contributed by atoms with Crippen molar-refractivity contribution in [2.24, 2.45) is 0 Å². The number of rotatable bonds is 8. The zero-order valence-corrected chi connectivity index (χ0v) is 28.7. The number of hydrogen-bond donors (Lipinski definition) is 0. The first-order chi connectivity index (χ1) is 24.8. The van der Waals surface area contributed by atoms with Crippen molar-refractivity contribution >= 4 is 49.0 Å². The predicted molar refractivity (Wildman–Crippen MR) is 184 cm³/mol. The number of benzene rings is 4. The van der Waals surface area contributed by atoms with Crippen LogP contribution in [0.5, 0.6) is 23.0 Å². The largest absolute Gasteiger partial charge is 0.426 e. The van der Waals surface area contributed by atoms with Gasteiger partial charge in [-0.2, -0.15) is 0 Å². The summed E-state index contributed by atoms with van der Waals surface area (Å²) in [4.78, 5) is 99.2. The monoisotopic (exact) mass is 704 g/mol. The molecule has 4 aromatic rings. The molecule has 0 saturated heterocycles. The van der Waals surface area contributed by atoms with Crippen LogP contribution in [0.1, 0.15) is 114 Å². The Morgan fingerprint density at radius 1 is 0.365 bits per heavy atom. The molecular formula is C40H32O12. The highest BCUT2D eigenvalue weighted by Crippen LogP contribution is 2.40. The lowest BCUT2D eigenvalue weighted by Crippen LogP contribution is -2.14. The molecule has 12 heteroatoms. The maximum atomic E-state index is 12.5. The van der Waals surface area contributed by atoms with Crippen molar-refractivity contribution in [3.05, 3.63) is 115 Å². The van der Waals surface area contributed by atoms with E-state index in [0.29, 0.717) is 69.7 Å². The minimum absolute atomic E-state index is 0.0573. The lowest BCUT2D eigenvalue weighted by molar-refractivity contribution is -0.132. The van der Waals surface area contributed by atoms with E-state index in [1.165, 1.54) is 76.2 Å². The van der Waals surface area contributed by atoms with Crippen LogP contribution < -0.4 is 18.9 Å². The molecule has 0 N–H and O–H groups in total. The molecule has 0 spiro atoms. The Balaban J connectivity index is 1.97. The minimum atomic E-state index is -0.691. The highest BCUT2D eigenvalue weighted by Gasteiger charge is 2.26. The number of aldehydes is 4. The summed E-state index contributed by atoms with van der Waals surface area (Å²) in [6.45, 7) is 4.78. The normalized spacial score (nSPS) is 11.8. The van der Waals surface area contributed by atoms with Gasteiger partial charge in [0.2, 0.25) is 0 Å². The van der Waals surface area contributed by atoms with E-state index in [1.54, 1.807) is 0 Å². The summed E-state index contributed by atoms with van der Waals surface area (Å²) in [6.07, 6.45) is 1.88. The molecule has 0 radical (unpaired) electrons. The van der Waals surface area contributed by atoms with Gasteiger partial charge in [0, 0.05) is 120 Å². The fourth-order valence-electron chi connectivity index (χ4n) is 6.37. The number of hydrogen-bond acceptors (Lipinski definition) is 12. The summed E-state index contributed by atoms with van der Waals surface area (Å²) >= 11 is 0. The van der Waals surface area contributed by atoms with Crippen molar-refractivity contribution in [1.82, 2.24) is 0 Å². The van der Waals surface area contributed by atoms with Gasteiger partial charge in [0.1, 0.15) is 48.1 Å². The molecule has 0 fully saturated rings. The highest BCUT2D eigenvalue weighted by atomic mass is 16.5. The third-order valence-corrected chi connectivity index (χ3v) is 8.11. The lowest BCUT2D eigenvalue weighted by Gasteiger charge is -2.22. The maximum Gasteiger partial charge on any atom is 0.308 e. The van der Waals surface area contributed by atoms with Crippen LogP contribution in [0.25, 0.3) is 0 Å². The molecule has 0 aromatic heterocycles. The van der Waals surface area contributed by atoms with Crippen LogP contribution in [0.15, 0.2) is 48.5 Å². The number of carbonyl (C=O) groups is 8. The predicted octanol–water partition coefficient (Wildman–Crippen LogP) is 5.31. The topological polar surface area (TPSA) is 173 Å². The highest BCUT2D eigenvalue weighted by molar-refractivity contribution is 5.83. The standard InChI is InChI=1S/C40H32O12/c1-21(45)49-37-29-5-25(17-41)6-30(37)14-32-8-27(19-43)10-34(39(32)51-23(3)47)16-36-12-28(20-44)11-35(40(36)52-24(4)48)15-33-9-26(18-42)7-31(13-29)38(33)50-22(2)46/h5-12,17-20H,13-16H2,1-4H3. The fraction of sp³-hybridized carbons (Fsp3) is 0.200. The Hall–Kier alpha value is -6.56. The summed E-state index contributed by atoms with van der Waals surface area (Å²) in [5, 5.41) is 0. The van der Waals surface area contributed by atoms with Crippen molar-refractivity contribution in [3.63, 3.8) is 0 Å². The van der Waals surface area contributed by atoms with E-state index in [4.69, 9.17) is 18.9 Å². The van der Waals surface area contributed by atoms with Crippen LogP contribution in [0.3, 0.4) is 0 Å². The molecule has 1 aliphatic carbocycles. The zero-order valence-electron chi connectivity index (χ0n) is 28.7. The van der Waals surface area contributed by atoms with Gasteiger partial charge in [0.15, 0.2) is 0 Å². The quantitative estimate of drug-likeness (QED) is 0.116. The number of esters is 4. The molecule has 5 rings (SSSR count). The Morgan fingerprint density at radius 3 is 0.635 bits per heavy atom. The molecule has 4 aromatic carbocycles. The van der Waals surface area contributed by atoms with Gasteiger partial charge in [0.05, 0.1) is 0 Å². The second-order valence-electron chi connectivity index (χ2n) is 12.2. The summed E-state index contributed by atoms with van der Waals surface area (Å²) in [5.41, 5.74) is 3.16. The van der Waals surface area contributed by atoms with Gasteiger partial charge in [0.25, 0.3) is 0 Å². The molecule has 0 amide bonds. The van der Waals surface area contributed by atoms with Gasteiger partial charge < -0.3 is 18.9 Å². The minimum Gasteiger partial charge on any atom is -0.426 e. The smallest absolute Gasteiger partial charge is 0.308 e. The summed E-state index contributed by atoms with van der Waals surface area (Å²) in [6, 6.07) is 11.9. The number of ether oxygens (including phenoxy) is 4. The van der Waals surface area contributed by atoms with Crippen LogP contribution in [0, 0.1) is 0 Å². The Kier molecular flexibility index (Phi) is 11.0. The first-order valence-corrected chi connectivity index (χ1v) is 16.0. The second-order valence-corrected chi connectivity index (χ2v) is 12.2. The van der Waals surface area contributed by atoms with Crippen LogP contribution in [-0.2, 0) is 44.9 Å². The van der Waals surface area contributed by atoms with Crippen LogP contribution >= 0.6 is 0 Å². The molecule has 0 heterocycles. The van der Waals surface area contributed by atoms with E-state index in [9.17, 15) is 38.4 Å². The van der Waals surface area contributed by atoms with E-state index >= 15 is 0 Å². The van der Waals surface area contributed by atoms with E-state index < -0.39 is 23.9 Å². The van der Waals surface area contributed by atoms with Gasteiger partial charge in [-0.1, -0.05) is 0 Å². The van der Waals surface area contributed by atoms with Crippen molar-refractivity contribution in [2.45, 2.75) is 53.4 Å². The first kappa shape index (κ1) is 36.7. The van der Waals surface area contributed by atoms with Crippen LogP contribution in [0.2, 0.25) is 0 Å². The maximum absolute atomic E-state index is 12.5. The van der Waals surface area contributed by atoms with Crippen molar-refractivity contribution in [1.29, 1.82) is 0 Å². The third-order valence-electron chi connectivity index (χ3n) is 8.11. The Labute approximate surface area is 297 Å². The molecule has 264 valence electrons. The molecular weight excluding hydrogens is 672 g/mol. The van der Waals surface area contributed by atoms with E-state index in [2.05, 4.69) is 0 Å². The van der Waals surface area contributed by atoms with Crippen molar-refractivity contribution < 1.29 is 57.3 Å². The Morgan fingerprint density at radius 2 is 0.519 bits per heavy atom. The fourth-order valence-corrected chi connectivity index (χ4v) is 6.37. The molecule has 0 atom stereocenters. The van der Waals surface area contributed by atoms with Gasteiger partial charge in [-0.25, -0.2) is 0 Å². The Bertz CT molecular complexity index is 1790. The number of fused-ring (bicyclic) bond motifs is 8. The molecule has 52 heavy (non-hydrogen) atoms. The SMILES string of the molecule is CC(=O)Oc1c2cc(C=O)cc1Cc1cc(C=O)cc(c1OC(C)=O)Cc1cc(C=O)cc(c1OC(C)=O)Cc1cc(C=O)cc(c1OC(C)=O)C2. The van der Waals surface area contributed by atoms with Gasteiger partial charge >= 0.3 is 23.9 Å². The summed E-state index contributed by atoms with van der Waals surface area (Å²) in [5.74, 6) is -2.54. The molecule has 0 saturated carbocycles. The lowest BCUT2D eigenvalue weighted by atomic mass is 9.88. The van der Waals surface area contributed by atoms with E-state index in [1.807, 2.05) is 0 Å². The van der Waals surface area contributed by atoms with Crippen molar-refractivity contribution in [3.8, 4) is 23.0 Å². The van der Waals surface area contributed by atoms with E-state index in [-0.39, 0.29) is 70.9 Å². The van der Waals surface area contributed by atoms with Crippen LogP contribution in [-0.4, -0.2) is 49.0 Å². The first-order valence-electron chi connectivity index (χ1n) is 16.0. The second kappa shape index (κ2) is 15.5. The summed E-state index contributed by atoms with van der Waals surface area (Å²) in [7, 11) is 0. The molecule has 12 nitrogen and oxygen atoms in total. The molecule has 8 bridgehead atoms. The zero-order chi connectivity index (χ0) is 37.7. The van der Waals surface area contributed by atoms with Crippen molar-refractivity contribution in [2.75, 3.05) is 0 Å². The van der Waals surface area contributed by atoms with Gasteiger partial charge in [-0.15, -0.1) is 0 Å². The van der Waals surface area contributed by atoms with Crippen LogP contribution in [0.4, 0.5) is 0 Å². The third kappa shape index (κ3) is 8.24. The average molecular weight is 705 g/mol. The summed E-state index contributed by atoms with van der Waals surface area (Å²) < 4.78 is 23.0. The molecule has 0 unspecified atom stereocenters. The van der Waals surface area contributed by atoms with Gasteiger partial charge in [-0.3, -0.25) is 38.4 Å². The average Bonchev–Trinajstić information content (AvgIpc) is 3.08. The number of carbonyl (C=O) groups excluding carboxylic acids is 8. The molecule has 0 aliphatic heterocycles. The van der Waals surface area contributed by atoms with Gasteiger partial charge in [-0.05, 0) is 48.5 Å².